The van der Waals surface area contributed by atoms with E-state index in [0.717, 1.165) is 0 Å². The molecule has 102 valence electrons. The highest BCUT2D eigenvalue weighted by molar-refractivity contribution is 4.82. The fraction of sp³-hybridized carbons (Fsp3) is 0.882. The molecule has 0 radical (unpaired) electrons. The SMILES string of the molecule is C=CCCC(CCCC)(CCCC)CCCC. The Morgan fingerprint density at radius 1 is 0.765 bits per heavy atom. The maximum atomic E-state index is 3.90. The Morgan fingerprint density at radius 2 is 1.18 bits per heavy atom. The molecule has 0 saturated heterocycles. The van der Waals surface area contributed by atoms with E-state index < -0.39 is 0 Å². The van der Waals surface area contributed by atoms with Gasteiger partial charge >= 0.3 is 0 Å². The van der Waals surface area contributed by atoms with Crippen LogP contribution in [-0.4, -0.2) is 0 Å². The first-order valence-corrected chi connectivity index (χ1v) is 7.85. The van der Waals surface area contributed by atoms with Crippen molar-refractivity contribution in [2.75, 3.05) is 0 Å². The minimum absolute atomic E-state index is 0.635. The predicted octanol–water partition coefficient (Wildman–Crippen LogP) is 6.51. The summed E-state index contributed by atoms with van der Waals surface area (Å²) in [6, 6.07) is 0. The molecular weight excluding hydrogens is 204 g/mol. The second kappa shape index (κ2) is 10.9. The molecule has 0 N–H and O–H groups in total. The van der Waals surface area contributed by atoms with Gasteiger partial charge in [0.1, 0.15) is 0 Å². The first-order valence-electron chi connectivity index (χ1n) is 7.85. The monoisotopic (exact) mass is 238 g/mol. The molecule has 17 heavy (non-hydrogen) atoms. The third-order valence-electron chi connectivity index (χ3n) is 4.06. The van der Waals surface area contributed by atoms with E-state index in [1.807, 2.05) is 0 Å². The smallest absolute Gasteiger partial charge is 0.0295 e. The largest absolute Gasteiger partial charge is 0.103 e. The van der Waals surface area contributed by atoms with Crippen molar-refractivity contribution in [3.8, 4) is 0 Å². The molecule has 0 aliphatic heterocycles. The quantitative estimate of drug-likeness (QED) is 0.340. The Morgan fingerprint density at radius 3 is 1.47 bits per heavy atom. The second-order valence-corrected chi connectivity index (χ2v) is 5.64. The average molecular weight is 238 g/mol. The lowest BCUT2D eigenvalue weighted by Gasteiger charge is -2.34. The van der Waals surface area contributed by atoms with E-state index in [4.69, 9.17) is 0 Å². The van der Waals surface area contributed by atoms with Crippen LogP contribution in [0.2, 0.25) is 0 Å². The molecule has 0 amide bonds. The molecule has 0 saturated carbocycles. The van der Waals surface area contributed by atoms with Gasteiger partial charge in [-0.1, -0.05) is 65.4 Å². The van der Waals surface area contributed by atoms with Gasteiger partial charge < -0.3 is 0 Å². The van der Waals surface area contributed by atoms with Crippen molar-refractivity contribution in [2.45, 2.75) is 91.4 Å². The van der Waals surface area contributed by atoms with Gasteiger partial charge in [0.15, 0.2) is 0 Å². The highest BCUT2D eigenvalue weighted by atomic mass is 14.3. The van der Waals surface area contributed by atoms with Crippen LogP contribution < -0.4 is 0 Å². The summed E-state index contributed by atoms with van der Waals surface area (Å²) in [5.41, 5.74) is 0.635. The van der Waals surface area contributed by atoms with Gasteiger partial charge in [0.2, 0.25) is 0 Å². The molecule has 0 heteroatoms. The summed E-state index contributed by atoms with van der Waals surface area (Å²) < 4.78 is 0. The minimum Gasteiger partial charge on any atom is -0.103 e. The zero-order valence-corrected chi connectivity index (χ0v) is 12.6. The van der Waals surface area contributed by atoms with E-state index in [2.05, 4.69) is 33.4 Å². The van der Waals surface area contributed by atoms with Crippen LogP contribution in [-0.2, 0) is 0 Å². The fourth-order valence-electron chi connectivity index (χ4n) is 2.81. The topological polar surface area (TPSA) is 0 Å². The second-order valence-electron chi connectivity index (χ2n) is 5.64. The van der Waals surface area contributed by atoms with E-state index >= 15 is 0 Å². The standard InChI is InChI=1S/C17H34/c1-5-9-13-17(14-10-6-2,15-11-7-3)16-12-8-4/h5H,1,6-16H2,2-4H3. The van der Waals surface area contributed by atoms with E-state index in [-0.39, 0.29) is 0 Å². The summed E-state index contributed by atoms with van der Waals surface area (Å²) in [7, 11) is 0. The molecule has 0 nitrogen and oxygen atoms in total. The molecule has 0 aromatic heterocycles. The molecular formula is C17H34. The van der Waals surface area contributed by atoms with Crippen LogP contribution in [0.4, 0.5) is 0 Å². The van der Waals surface area contributed by atoms with Crippen LogP contribution in [0.3, 0.4) is 0 Å². The molecule has 0 heterocycles. The van der Waals surface area contributed by atoms with E-state index in [1.54, 1.807) is 0 Å². The lowest BCUT2D eigenvalue weighted by molar-refractivity contribution is 0.184. The van der Waals surface area contributed by atoms with Crippen molar-refractivity contribution >= 4 is 0 Å². The fourth-order valence-corrected chi connectivity index (χ4v) is 2.81. The van der Waals surface area contributed by atoms with E-state index in [1.165, 1.54) is 70.6 Å². The molecule has 0 aromatic carbocycles. The van der Waals surface area contributed by atoms with Crippen LogP contribution in [0.5, 0.6) is 0 Å². The van der Waals surface area contributed by atoms with Gasteiger partial charge in [-0.3, -0.25) is 0 Å². The summed E-state index contributed by atoms with van der Waals surface area (Å²) >= 11 is 0. The van der Waals surface area contributed by atoms with Crippen molar-refractivity contribution in [2.24, 2.45) is 5.41 Å². The third kappa shape index (κ3) is 7.63. The Hall–Kier alpha value is -0.260. The number of unbranched alkanes of at least 4 members (excludes halogenated alkanes) is 3. The summed E-state index contributed by atoms with van der Waals surface area (Å²) in [6.45, 7) is 10.9. The molecule has 0 spiro atoms. The molecule has 0 aromatic rings. The first kappa shape index (κ1) is 16.7. The summed E-state index contributed by atoms with van der Waals surface area (Å²) in [4.78, 5) is 0. The van der Waals surface area contributed by atoms with Crippen LogP contribution in [0.25, 0.3) is 0 Å². The highest BCUT2D eigenvalue weighted by Gasteiger charge is 2.27. The van der Waals surface area contributed by atoms with E-state index in [0.29, 0.717) is 5.41 Å². The van der Waals surface area contributed by atoms with Crippen molar-refractivity contribution in [3.63, 3.8) is 0 Å². The Kier molecular flexibility index (Phi) is 10.7. The first-order chi connectivity index (χ1) is 8.24. The van der Waals surface area contributed by atoms with Crippen LogP contribution in [0.1, 0.15) is 91.4 Å². The molecule has 0 aliphatic carbocycles. The van der Waals surface area contributed by atoms with Crippen LogP contribution in [0.15, 0.2) is 12.7 Å². The Balaban J connectivity index is 4.44. The molecule has 0 atom stereocenters. The Labute approximate surface area is 110 Å². The van der Waals surface area contributed by atoms with Gasteiger partial charge in [-0.05, 0) is 37.5 Å². The molecule has 0 rings (SSSR count). The van der Waals surface area contributed by atoms with Gasteiger partial charge in [0, 0.05) is 0 Å². The lowest BCUT2D eigenvalue weighted by atomic mass is 9.71. The maximum absolute atomic E-state index is 3.90. The normalized spacial score (nSPS) is 11.7. The lowest BCUT2D eigenvalue weighted by Crippen LogP contribution is -2.21. The molecule has 0 bridgehead atoms. The van der Waals surface area contributed by atoms with Gasteiger partial charge in [0.05, 0.1) is 0 Å². The van der Waals surface area contributed by atoms with Crippen molar-refractivity contribution in [3.05, 3.63) is 12.7 Å². The molecule has 0 fully saturated rings. The number of hydrogen-bond acceptors (Lipinski definition) is 0. The summed E-state index contributed by atoms with van der Waals surface area (Å²) in [5, 5.41) is 0. The van der Waals surface area contributed by atoms with Crippen molar-refractivity contribution in [1.29, 1.82) is 0 Å². The minimum atomic E-state index is 0.635. The van der Waals surface area contributed by atoms with Crippen molar-refractivity contribution in [1.82, 2.24) is 0 Å². The zero-order valence-electron chi connectivity index (χ0n) is 12.6. The van der Waals surface area contributed by atoms with Crippen LogP contribution >= 0.6 is 0 Å². The molecule has 0 aliphatic rings. The number of hydrogen-bond donors (Lipinski definition) is 0. The maximum Gasteiger partial charge on any atom is -0.0295 e. The van der Waals surface area contributed by atoms with Gasteiger partial charge in [0.25, 0.3) is 0 Å². The Bertz CT molecular complexity index is 147. The van der Waals surface area contributed by atoms with Gasteiger partial charge in [-0.15, -0.1) is 6.58 Å². The zero-order chi connectivity index (χ0) is 13.0. The van der Waals surface area contributed by atoms with Gasteiger partial charge in [-0.2, -0.15) is 0 Å². The summed E-state index contributed by atoms with van der Waals surface area (Å²) in [6.07, 6.45) is 17.3. The molecule has 0 unspecified atom stereocenters. The van der Waals surface area contributed by atoms with Gasteiger partial charge in [-0.25, -0.2) is 0 Å². The van der Waals surface area contributed by atoms with Crippen LogP contribution in [0, 0.1) is 5.41 Å². The van der Waals surface area contributed by atoms with Crippen molar-refractivity contribution < 1.29 is 0 Å². The van der Waals surface area contributed by atoms with E-state index in [9.17, 15) is 0 Å². The number of allylic oxidation sites excluding steroid dienone is 1. The average Bonchev–Trinajstić information content (AvgIpc) is 2.37. The predicted molar refractivity (Wildman–Crippen MR) is 80.4 cm³/mol. The third-order valence-corrected chi connectivity index (χ3v) is 4.06. The highest BCUT2D eigenvalue weighted by Crippen LogP contribution is 2.40. The number of rotatable bonds is 12. The summed E-state index contributed by atoms with van der Waals surface area (Å²) in [5.74, 6) is 0.